The smallest absolute Gasteiger partial charge is 0.326 e. The number of nitrogens with one attached hydrogen (secondary N) is 1. The number of aromatic nitrogens is 2. The molecule has 27 heavy (non-hydrogen) atoms. The SMILES string of the molecule is N#Cc1ccc(NC(=O)COC(=O)Cn2cnc3ccccc3c2=O)cc1. The van der Waals surface area contributed by atoms with E-state index in [9.17, 15) is 14.4 Å². The molecule has 0 aliphatic carbocycles. The van der Waals surface area contributed by atoms with Crippen molar-refractivity contribution in [2.45, 2.75) is 6.54 Å². The molecule has 8 nitrogen and oxygen atoms in total. The van der Waals surface area contributed by atoms with E-state index in [0.717, 1.165) is 4.57 Å². The molecule has 0 spiro atoms. The van der Waals surface area contributed by atoms with Crippen LogP contribution in [0.4, 0.5) is 5.69 Å². The topological polar surface area (TPSA) is 114 Å². The molecule has 3 aromatic rings. The number of fused-ring (bicyclic) bond motifs is 1. The zero-order chi connectivity index (χ0) is 19.2. The molecule has 1 N–H and O–H groups in total. The summed E-state index contributed by atoms with van der Waals surface area (Å²) in [7, 11) is 0. The molecule has 0 bridgehead atoms. The van der Waals surface area contributed by atoms with E-state index in [-0.39, 0.29) is 12.1 Å². The normalized spacial score (nSPS) is 10.2. The monoisotopic (exact) mass is 362 g/mol. The average Bonchev–Trinajstić information content (AvgIpc) is 2.69. The second-order valence-corrected chi connectivity index (χ2v) is 5.59. The first-order valence-corrected chi connectivity index (χ1v) is 7.96. The van der Waals surface area contributed by atoms with E-state index in [1.807, 2.05) is 6.07 Å². The lowest BCUT2D eigenvalue weighted by Gasteiger charge is -2.08. The van der Waals surface area contributed by atoms with E-state index in [2.05, 4.69) is 10.3 Å². The van der Waals surface area contributed by atoms with Gasteiger partial charge in [-0.05, 0) is 36.4 Å². The van der Waals surface area contributed by atoms with Gasteiger partial charge in [-0.2, -0.15) is 5.26 Å². The van der Waals surface area contributed by atoms with E-state index in [1.165, 1.54) is 6.33 Å². The summed E-state index contributed by atoms with van der Waals surface area (Å²) in [5, 5.41) is 11.7. The molecule has 0 saturated carbocycles. The fourth-order valence-corrected chi connectivity index (χ4v) is 2.37. The molecular formula is C19H14N4O4. The van der Waals surface area contributed by atoms with Gasteiger partial charge in [0.15, 0.2) is 6.61 Å². The fraction of sp³-hybridized carbons (Fsp3) is 0.105. The van der Waals surface area contributed by atoms with Crippen molar-refractivity contribution in [3.63, 3.8) is 0 Å². The molecular weight excluding hydrogens is 348 g/mol. The largest absolute Gasteiger partial charge is 0.454 e. The Hall–Kier alpha value is -3.99. The standard InChI is InChI=1S/C19H14N4O4/c20-9-13-5-7-14(8-6-13)22-17(24)11-27-18(25)10-23-12-21-16-4-2-1-3-15(16)19(23)26/h1-8,12H,10-11H2,(H,22,24). The van der Waals surface area contributed by atoms with Crippen molar-refractivity contribution >= 4 is 28.5 Å². The van der Waals surface area contributed by atoms with Gasteiger partial charge in [0.05, 0.1) is 28.9 Å². The van der Waals surface area contributed by atoms with Crippen molar-refractivity contribution in [1.82, 2.24) is 9.55 Å². The molecule has 134 valence electrons. The summed E-state index contributed by atoms with van der Waals surface area (Å²) in [5.41, 5.74) is 1.12. The first-order chi connectivity index (χ1) is 13.1. The first kappa shape index (κ1) is 17.8. The maximum atomic E-state index is 12.3. The Morgan fingerprint density at radius 3 is 2.63 bits per heavy atom. The summed E-state index contributed by atoms with van der Waals surface area (Å²) < 4.78 is 6.03. The van der Waals surface area contributed by atoms with Crippen LogP contribution in [-0.4, -0.2) is 28.0 Å². The summed E-state index contributed by atoms with van der Waals surface area (Å²) >= 11 is 0. The molecule has 1 amide bonds. The number of rotatable bonds is 5. The fourth-order valence-electron chi connectivity index (χ4n) is 2.37. The number of carbonyl (C=O) groups excluding carboxylic acids is 2. The third kappa shape index (κ3) is 4.35. The van der Waals surface area contributed by atoms with Gasteiger partial charge in [-0.25, -0.2) is 4.98 Å². The molecule has 0 fully saturated rings. The van der Waals surface area contributed by atoms with Crippen LogP contribution in [0.5, 0.6) is 0 Å². The molecule has 2 aromatic carbocycles. The van der Waals surface area contributed by atoms with Gasteiger partial charge in [-0.1, -0.05) is 12.1 Å². The van der Waals surface area contributed by atoms with E-state index >= 15 is 0 Å². The van der Waals surface area contributed by atoms with Crippen LogP contribution in [0.15, 0.2) is 59.7 Å². The lowest BCUT2D eigenvalue weighted by atomic mass is 10.2. The van der Waals surface area contributed by atoms with E-state index in [1.54, 1.807) is 48.5 Å². The van der Waals surface area contributed by atoms with Crippen molar-refractivity contribution in [2.75, 3.05) is 11.9 Å². The molecule has 0 unspecified atom stereocenters. The summed E-state index contributed by atoms with van der Waals surface area (Å²) in [4.78, 5) is 40.2. The molecule has 3 rings (SSSR count). The number of nitrogens with zero attached hydrogens (tertiary/aromatic N) is 3. The summed E-state index contributed by atoms with van der Waals surface area (Å²) in [6.45, 7) is -0.838. The van der Waals surface area contributed by atoms with Gasteiger partial charge >= 0.3 is 5.97 Å². The number of hydrogen-bond acceptors (Lipinski definition) is 6. The predicted molar refractivity (Wildman–Crippen MR) is 96.7 cm³/mol. The molecule has 0 aliphatic rings. The molecule has 8 heteroatoms. The van der Waals surface area contributed by atoms with Gasteiger partial charge in [0.25, 0.3) is 11.5 Å². The number of nitriles is 1. The highest BCUT2D eigenvalue weighted by Gasteiger charge is 2.11. The Morgan fingerprint density at radius 1 is 1.15 bits per heavy atom. The Labute approximate surface area is 153 Å². The minimum Gasteiger partial charge on any atom is -0.454 e. The lowest BCUT2D eigenvalue weighted by Crippen LogP contribution is -2.28. The summed E-state index contributed by atoms with van der Waals surface area (Å²) in [6, 6.07) is 15.0. The number of esters is 1. The number of benzene rings is 2. The molecule has 0 saturated heterocycles. The van der Waals surface area contributed by atoms with Gasteiger partial charge in [0, 0.05) is 5.69 Å². The van der Waals surface area contributed by atoms with Gasteiger partial charge in [-0.3, -0.25) is 19.0 Å². The Kier molecular flexibility index (Phi) is 5.23. The Bertz CT molecular complexity index is 1100. The van der Waals surface area contributed by atoms with Crippen molar-refractivity contribution in [2.24, 2.45) is 0 Å². The number of ether oxygens (including phenoxy) is 1. The van der Waals surface area contributed by atoms with Crippen molar-refractivity contribution in [1.29, 1.82) is 5.26 Å². The highest BCUT2D eigenvalue weighted by Crippen LogP contribution is 2.08. The molecule has 0 aliphatic heterocycles. The van der Waals surface area contributed by atoms with Crippen LogP contribution in [0, 0.1) is 11.3 Å². The van der Waals surface area contributed by atoms with Crippen LogP contribution in [0.3, 0.4) is 0 Å². The minimum atomic E-state index is -0.732. The lowest BCUT2D eigenvalue weighted by molar-refractivity contribution is -0.147. The summed E-state index contributed by atoms with van der Waals surface area (Å²) in [5.74, 6) is -1.26. The zero-order valence-electron chi connectivity index (χ0n) is 14.1. The maximum Gasteiger partial charge on any atom is 0.326 e. The zero-order valence-corrected chi connectivity index (χ0v) is 14.1. The van der Waals surface area contributed by atoms with Crippen LogP contribution in [0.2, 0.25) is 0 Å². The van der Waals surface area contributed by atoms with Crippen LogP contribution < -0.4 is 10.9 Å². The van der Waals surface area contributed by atoms with E-state index in [0.29, 0.717) is 22.2 Å². The number of para-hydroxylation sites is 1. The summed E-state index contributed by atoms with van der Waals surface area (Å²) in [6.07, 6.45) is 1.27. The van der Waals surface area contributed by atoms with Crippen molar-refractivity contribution < 1.29 is 14.3 Å². The van der Waals surface area contributed by atoms with E-state index < -0.39 is 18.5 Å². The number of amides is 1. The number of hydrogen-bond donors (Lipinski definition) is 1. The molecule has 0 radical (unpaired) electrons. The van der Waals surface area contributed by atoms with Crippen molar-refractivity contribution in [3.8, 4) is 6.07 Å². The third-order valence-corrected chi connectivity index (χ3v) is 3.69. The van der Waals surface area contributed by atoms with Crippen LogP contribution >= 0.6 is 0 Å². The van der Waals surface area contributed by atoms with Crippen LogP contribution in [0.25, 0.3) is 10.9 Å². The second-order valence-electron chi connectivity index (χ2n) is 5.59. The number of carbonyl (C=O) groups is 2. The Balaban J connectivity index is 1.56. The second kappa shape index (κ2) is 7.93. The molecule has 1 aromatic heterocycles. The first-order valence-electron chi connectivity index (χ1n) is 7.96. The number of anilines is 1. The van der Waals surface area contributed by atoms with Crippen molar-refractivity contribution in [3.05, 3.63) is 70.8 Å². The maximum absolute atomic E-state index is 12.3. The average molecular weight is 362 g/mol. The highest BCUT2D eigenvalue weighted by atomic mass is 16.5. The van der Waals surface area contributed by atoms with Crippen LogP contribution in [-0.2, 0) is 20.9 Å². The van der Waals surface area contributed by atoms with Gasteiger partial charge < -0.3 is 10.1 Å². The highest BCUT2D eigenvalue weighted by molar-refractivity contribution is 5.92. The predicted octanol–water partition coefficient (Wildman–Crippen LogP) is 1.45. The molecule has 0 atom stereocenters. The van der Waals surface area contributed by atoms with E-state index in [4.69, 9.17) is 10.00 Å². The Morgan fingerprint density at radius 2 is 1.89 bits per heavy atom. The van der Waals surface area contributed by atoms with Gasteiger partial charge in [-0.15, -0.1) is 0 Å². The van der Waals surface area contributed by atoms with Gasteiger partial charge in [0.1, 0.15) is 6.54 Å². The molecule has 1 heterocycles. The van der Waals surface area contributed by atoms with Crippen LogP contribution in [0.1, 0.15) is 5.56 Å². The quantitative estimate of drug-likeness (QED) is 0.687. The minimum absolute atomic E-state index is 0.346. The third-order valence-electron chi connectivity index (χ3n) is 3.69. The van der Waals surface area contributed by atoms with Gasteiger partial charge in [0.2, 0.25) is 0 Å².